The third kappa shape index (κ3) is 5.25. The molecule has 0 saturated heterocycles. The third-order valence-electron chi connectivity index (χ3n) is 9.22. The molecule has 2 heterocycles. The molecule has 1 aliphatic carbocycles. The van der Waals surface area contributed by atoms with Crippen molar-refractivity contribution in [2.45, 2.75) is 32.1 Å². The first-order valence-corrected chi connectivity index (χ1v) is 16.5. The molecule has 1 N–H and O–H groups in total. The lowest BCUT2D eigenvalue weighted by molar-refractivity contribution is -0.132. The highest BCUT2D eigenvalue weighted by Gasteiger charge is 2.41. The molecule has 1 aliphatic rings. The van der Waals surface area contributed by atoms with Crippen LogP contribution in [0.15, 0.2) is 131 Å². The minimum Gasteiger partial charge on any atom is -0.486 e. The predicted octanol–water partition coefficient (Wildman–Crippen LogP) is 11.6. The van der Waals surface area contributed by atoms with Gasteiger partial charge in [-0.2, -0.15) is 0 Å². The Labute approximate surface area is 278 Å². The van der Waals surface area contributed by atoms with Crippen LogP contribution in [0.1, 0.15) is 43.6 Å². The van der Waals surface area contributed by atoms with Gasteiger partial charge in [0.05, 0.1) is 11.4 Å². The van der Waals surface area contributed by atoms with Crippen molar-refractivity contribution in [2.24, 2.45) is 0 Å². The van der Waals surface area contributed by atoms with Crippen LogP contribution < -0.4 is 4.90 Å². The number of para-hydroxylation sites is 2. The van der Waals surface area contributed by atoms with Crippen LogP contribution in [-0.2, 0) is 10.2 Å². The lowest BCUT2D eigenvalue weighted by Gasteiger charge is -2.32. The van der Waals surface area contributed by atoms with Crippen LogP contribution in [0.2, 0.25) is 0 Å². The summed E-state index contributed by atoms with van der Waals surface area (Å²) >= 11 is 1.63. The number of hydrogen-bond donors (Lipinski definition) is 1. The van der Waals surface area contributed by atoms with E-state index in [4.69, 9.17) is 11.0 Å². The maximum Gasteiger partial charge on any atom is 0.333 e. The summed E-state index contributed by atoms with van der Waals surface area (Å²) in [6.45, 7) is 11.7. The molecule has 0 saturated carbocycles. The largest absolute Gasteiger partial charge is 0.486 e. The molecule has 4 aromatic carbocycles. The maximum absolute atomic E-state index is 11.3. The van der Waals surface area contributed by atoms with Gasteiger partial charge in [0.2, 0.25) is 0 Å². The number of carboxylic acid groups (broad SMARTS) is 1. The number of nitrogens with zero attached hydrogens (tertiary/aromatic N) is 2. The van der Waals surface area contributed by atoms with E-state index in [2.05, 4.69) is 127 Å². The molecule has 0 aliphatic heterocycles. The van der Waals surface area contributed by atoms with Gasteiger partial charge in [0, 0.05) is 27.4 Å². The fourth-order valence-corrected chi connectivity index (χ4v) is 7.82. The number of aliphatic carboxylic acids is 1. The second-order valence-electron chi connectivity index (χ2n) is 11.6. The molecule has 0 atom stereocenters. The van der Waals surface area contributed by atoms with Crippen molar-refractivity contribution in [3.63, 3.8) is 0 Å². The van der Waals surface area contributed by atoms with Gasteiger partial charge in [0.25, 0.3) is 5.70 Å². The normalized spacial score (nSPS) is 13.1. The molecular formula is C41H32N2O3S. The molecule has 0 spiro atoms. The monoisotopic (exact) mass is 632 g/mol. The Balaban J connectivity index is 1.26. The van der Waals surface area contributed by atoms with Crippen molar-refractivity contribution in [2.75, 3.05) is 4.90 Å². The Bertz CT molecular complexity index is 2130. The number of rotatable bonds is 9. The van der Waals surface area contributed by atoms with Gasteiger partial charge in [0.15, 0.2) is 0 Å². The molecule has 0 fully saturated rings. The van der Waals surface area contributed by atoms with Gasteiger partial charge in [-0.25, -0.2) is 4.85 Å². The van der Waals surface area contributed by atoms with Crippen LogP contribution in [0.25, 0.3) is 43.1 Å². The Morgan fingerprint density at radius 3 is 2.02 bits per heavy atom. The number of carbonyl (C=O) groups is 1. The van der Waals surface area contributed by atoms with E-state index in [-0.39, 0.29) is 11.1 Å². The van der Waals surface area contributed by atoms with E-state index < -0.39 is 5.97 Å². The van der Waals surface area contributed by atoms with Gasteiger partial charge in [-0.3, -0.25) is 4.79 Å². The summed E-state index contributed by atoms with van der Waals surface area (Å²) in [4.78, 5) is 18.7. The summed E-state index contributed by atoms with van der Waals surface area (Å²) < 4.78 is 5.90. The highest BCUT2D eigenvalue weighted by molar-refractivity contribution is 7.18. The number of fused-ring (bicyclic) bond motifs is 3. The first-order valence-electron chi connectivity index (χ1n) is 15.7. The molecule has 6 heteroatoms. The molecule has 0 bridgehead atoms. The highest BCUT2D eigenvalue weighted by Crippen LogP contribution is 2.55. The maximum atomic E-state index is 11.3. The Morgan fingerprint density at radius 1 is 0.787 bits per heavy atom. The first kappa shape index (κ1) is 30.0. The molecule has 5 nitrogen and oxygen atoms in total. The van der Waals surface area contributed by atoms with E-state index in [9.17, 15) is 9.90 Å². The van der Waals surface area contributed by atoms with Gasteiger partial charge < -0.3 is 14.4 Å². The van der Waals surface area contributed by atoms with Crippen LogP contribution in [0.3, 0.4) is 0 Å². The van der Waals surface area contributed by atoms with E-state index >= 15 is 0 Å². The standard InChI is InChI=1S/C41H32N2O3S/c1-4-41(5-2)34-24-27(38-22-23-39(47-38)37-21-18-31(46-37)26-36(42-3)40(44)45)16-19-32(34)33-20-17-30(25-35(33)41)43(28-12-8-6-9-13-28)29-14-10-7-11-15-29/h6-26H,4-5H2,1-2H3,(H,44,45)/b36-26-. The second kappa shape index (κ2) is 12.3. The molecule has 47 heavy (non-hydrogen) atoms. The van der Waals surface area contributed by atoms with Crippen LogP contribution in [0.4, 0.5) is 17.1 Å². The minimum atomic E-state index is -1.27. The van der Waals surface area contributed by atoms with Gasteiger partial charge in [-0.1, -0.05) is 68.4 Å². The lowest BCUT2D eigenvalue weighted by Crippen LogP contribution is -2.23. The van der Waals surface area contributed by atoms with Gasteiger partial charge in [0.1, 0.15) is 11.5 Å². The van der Waals surface area contributed by atoms with Crippen LogP contribution in [0, 0.1) is 6.57 Å². The molecule has 7 rings (SSSR count). The summed E-state index contributed by atoms with van der Waals surface area (Å²) in [5, 5.41) is 9.19. The molecule has 230 valence electrons. The lowest BCUT2D eigenvalue weighted by atomic mass is 9.73. The zero-order chi connectivity index (χ0) is 32.5. The van der Waals surface area contributed by atoms with Crippen molar-refractivity contribution in [1.29, 1.82) is 0 Å². The van der Waals surface area contributed by atoms with Crippen molar-refractivity contribution in [3.05, 3.63) is 155 Å². The van der Waals surface area contributed by atoms with Crippen molar-refractivity contribution < 1.29 is 14.3 Å². The minimum absolute atomic E-state index is 0.122. The molecular weight excluding hydrogens is 601 g/mol. The third-order valence-corrected chi connectivity index (χ3v) is 10.4. The molecule has 0 radical (unpaired) electrons. The van der Waals surface area contributed by atoms with Crippen molar-refractivity contribution in [3.8, 4) is 32.2 Å². The summed E-state index contributed by atoms with van der Waals surface area (Å²) in [5.41, 5.74) is 9.35. The average molecular weight is 633 g/mol. The van der Waals surface area contributed by atoms with E-state index in [1.54, 1.807) is 17.4 Å². The summed E-state index contributed by atoms with van der Waals surface area (Å²) in [6.07, 6.45) is 3.22. The molecule has 0 amide bonds. The Kier molecular flexibility index (Phi) is 7.85. The topological polar surface area (TPSA) is 58.0 Å². The zero-order valence-electron chi connectivity index (χ0n) is 26.1. The number of thiophene rings is 1. The van der Waals surface area contributed by atoms with Gasteiger partial charge in [-0.05, 0) is 113 Å². The number of furan rings is 1. The van der Waals surface area contributed by atoms with Gasteiger partial charge >= 0.3 is 5.97 Å². The fraction of sp³-hybridized carbons (Fsp3) is 0.122. The number of anilines is 3. The Hall–Kier alpha value is -5.64. The first-order chi connectivity index (χ1) is 23.0. The van der Waals surface area contributed by atoms with E-state index in [0.717, 1.165) is 45.2 Å². The predicted molar refractivity (Wildman–Crippen MR) is 191 cm³/mol. The quantitative estimate of drug-likeness (QED) is 0.127. The van der Waals surface area contributed by atoms with Crippen LogP contribution in [0.5, 0.6) is 0 Å². The molecule has 0 unspecified atom stereocenters. The number of carboxylic acids is 1. The van der Waals surface area contributed by atoms with E-state index in [1.165, 1.54) is 28.3 Å². The molecule has 2 aromatic heterocycles. The number of hydrogen-bond acceptors (Lipinski definition) is 4. The summed E-state index contributed by atoms with van der Waals surface area (Å²) in [5.74, 6) is -0.292. The summed E-state index contributed by atoms with van der Waals surface area (Å²) in [7, 11) is 0. The van der Waals surface area contributed by atoms with Crippen molar-refractivity contribution >= 4 is 40.4 Å². The van der Waals surface area contributed by atoms with Gasteiger partial charge in [-0.15, -0.1) is 11.3 Å². The second-order valence-corrected chi connectivity index (χ2v) is 12.7. The van der Waals surface area contributed by atoms with Crippen LogP contribution >= 0.6 is 11.3 Å². The summed E-state index contributed by atoms with van der Waals surface area (Å²) in [6, 6.07) is 42.5. The smallest absolute Gasteiger partial charge is 0.333 e. The van der Waals surface area contributed by atoms with E-state index in [1.807, 2.05) is 12.1 Å². The average Bonchev–Trinajstić information content (AvgIpc) is 3.85. The molecule has 6 aromatic rings. The SMILES string of the molecule is [C-]#[N+]/C(=C\c1ccc(-c2ccc(-c3ccc4c(c3)C(CC)(CC)c3cc(N(c5ccccc5)c5ccccc5)ccc3-4)s2)o1)C(=O)O. The Morgan fingerprint density at radius 2 is 1.40 bits per heavy atom. The highest BCUT2D eigenvalue weighted by atomic mass is 32.1. The number of benzene rings is 4. The van der Waals surface area contributed by atoms with Crippen molar-refractivity contribution in [1.82, 2.24) is 0 Å². The van der Waals surface area contributed by atoms with E-state index in [0.29, 0.717) is 11.5 Å². The fourth-order valence-electron chi connectivity index (χ4n) is 6.85. The van der Waals surface area contributed by atoms with Crippen LogP contribution in [-0.4, -0.2) is 11.1 Å². The zero-order valence-corrected chi connectivity index (χ0v) is 26.9.